The van der Waals surface area contributed by atoms with Crippen molar-refractivity contribution in [2.75, 3.05) is 6.61 Å². The Kier molecular flexibility index (Phi) is 5.13. The number of aromatic nitrogens is 2. The highest BCUT2D eigenvalue weighted by Crippen LogP contribution is 2.28. The van der Waals surface area contributed by atoms with Gasteiger partial charge in [-0.25, -0.2) is 0 Å². The fourth-order valence-electron chi connectivity index (χ4n) is 1.21. The monoisotopic (exact) mass is 263 g/mol. The molecule has 1 aromatic rings. The number of aliphatic hydroxyl groups excluding tert-OH is 1. The normalized spacial score (nSPS) is 15.5. The fourth-order valence-corrected chi connectivity index (χ4v) is 1.21. The van der Waals surface area contributed by atoms with E-state index in [1.807, 2.05) is 34.6 Å². The lowest BCUT2D eigenvalue weighted by Crippen LogP contribution is -2.45. The molecule has 1 unspecified atom stereocenters. The zero-order chi connectivity index (χ0) is 12.6. The van der Waals surface area contributed by atoms with E-state index in [9.17, 15) is 5.11 Å². The van der Waals surface area contributed by atoms with Crippen LogP contribution in [0.15, 0.2) is 4.42 Å². The van der Waals surface area contributed by atoms with Gasteiger partial charge < -0.3 is 15.3 Å². The zero-order valence-corrected chi connectivity index (χ0v) is 11.8. The zero-order valence-electron chi connectivity index (χ0n) is 11.0. The van der Waals surface area contributed by atoms with Crippen LogP contribution in [0.5, 0.6) is 0 Å². The Balaban J connectivity index is 0.00000256. The summed E-state index contributed by atoms with van der Waals surface area (Å²) in [6.45, 7) is 9.56. The number of hydrogen-bond donors (Lipinski definition) is 2. The minimum atomic E-state index is -0.962. The molecule has 3 N–H and O–H groups in total. The molecule has 0 aliphatic carbocycles. The van der Waals surface area contributed by atoms with E-state index >= 15 is 0 Å². The van der Waals surface area contributed by atoms with Crippen LogP contribution in [0.25, 0.3) is 0 Å². The number of nitrogens with zero attached hydrogens (tertiary/aromatic N) is 2. The first kappa shape index (κ1) is 16.4. The smallest absolute Gasteiger partial charge is 0.238 e. The summed E-state index contributed by atoms with van der Waals surface area (Å²) in [4.78, 5) is 0. The van der Waals surface area contributed by atoms with E-state index in [1.165, 1.54) is 0 Å². The summed E-state index contributed by atoms with van der Waals surface area (Å²) in [6, 6.07) is 0. The van der Waals surface area contributed by atoms with Crippen molar-refractivity contribution in [3.8, 4) is 0 Å². The van der Waals surface area contributed by atoms with Gasteiger partial charge in [-0.3, -0.25) is 0 Å². The Morgan fingerprint density at radius 3 is 2.00 bits per heavy atom. The topological polar surface area (TPSA) is 85.2 Å². The van der Waals surface area contributed by atoms with Crippen LogP contribution in [0.3, 0.4) is 0 Å². The highest BCUT2D eigenvalue weighted by atomic mass is 35.5. The van der Waals surface area contributed by atoms with Crippen molar-refractivity contribution in [3.63, 3.8) is 0 Å². The van der Waals surface area contributed by atoms with Gasteiger partial charge in [-0.15, -0.1) is 22.6 Å². The molecule has 0 radical (unpaired) electrons. The van der Waals surface area contributed by atoms with Crippen LogP contribution in [0.1, 0.15) is 46.4 Å². The summed E-state index contributed by atoms with van der Waals surface area (Å²) in [5, 5.41) is 17.3. The SMILES string of the molecule is CC(C)C(N)(CO)c1nnc(C(C)(C)C)o1.Cl. The second-order valence-corrected chi connectivity index (χ2v) is 5.52. The van der Waals surface area contributed by atoms with Gasteiger partial charge in [0.1, 0.15) is 5.54 Å². The minimum Gasteiger partial charge on any atom is -0.423 e. The van der Waals surface area contributed by atoms with E-state index in [0.29, 0.717) is 11.8 Å². The Hall–Kier alpha value is -0.650. The van der Waals surface area contributed by atoms with E-state index in [-0.39, 0.29) is 30.3 Å². The van der Waals surface area contributed by atoms with Crippen LogP contribution in [-0.4, -0.2) is 21.9 Å². The molecule has 0 aliphatic rings. The largest absolute Gasteiger partial charge is 0.423 e. The number of nitrogens with two attached hydrogens (primary N) is 1. The summed E-state index contributed by atoms with van der Waals surface area (Å²) in [5.74, 6) is 0.854. The summed E-state index contributed by atoms with van der Waals surface area (Å²) in [7, 11) is 0. The molecule has 17 heavy (non-hydrogen) atoms. The quantitative estimate of drug-likeness (QED) is 0.865. The molecule has 0 saturated carbocycles. The van der Waals surface area contributed by atoms with Gasteiger partial charge in [-0.1, -0.05) is 34.6 Å². The van der Waals surface area contributed by atoms with Crippen molar-refractivity contribution in [2.45, 2.75) is 45.6 Å². The third-order valence-electron chi connectivity index (χ3n) is 2.76. The highest BCUT2D eigenvalue weighted by molar-refractivity contribution is 5.85. The van der Waals surface area contributed by atoms with Crippen LogP contribution in [0, 0.1) is 5.92 Å². The van der Waals surface area contributed by atoms with Crippen molar-refractivity contribution in [1.29, 1.82) is 0 Å². The van der Waals surface area contributed by atoms with Gasteiger partial charge in [0.2, 0.25) is 11.8 Å². The van der Waals surface area contributed by atoms with Crippen molar-refractivity contribution in [2.24, 2.45) is 11.7 Å². The first-order valence-electron chi connectivity index (χ1n) is 5.46. The third-order valence-corrected chi connectivity index (χ3v) is 2.76. The Morgan fingerprint density at radius 2 is 1.71 bits per heavy atom. The molecular weight excluding hydrogens is 242 g/mol. The Bertz CT molecular complexity index is 360. The minimum absolute atomic E-state index is 0. The van der Waals surface area contributed by atoms with Crippen LogP contribution >= 0.6 is 12.4 Å². The molecule has 0 fully saturated rings. The molecular formula is C11H22ClN3O2. The maximum absolute atomic E-state index is 9.37. The lowest BCUT2D eigenvalue weighted by molar-refractivity contribution is 0.124. The maximum Gasteiger partial charge on any atom is 0.238 e. The standard InChI is InChI=1S/C11H21N3O2.ClH/c1-7(2)11(12,6-15)9-14-13-8(16-9)10(3,4)5;/h7,15H,6,12H2,1-5H3;1H. The van der Waals surface area contributed by atoms with Crippen molar-refractivity contribution >= 4 is 12.4 Å². The summed E-state index contributed by atoms with van der Waals surface area (Å²) < 4.78 is 5.56. The molecule has 1 aromatic heterocycles. The number of halogens is 1. The molecule has 1 rings (SSSR count). The first-order chi connectivity index (χ1) is 7.21. The van der Waals surface area contributed by atoms with Crippen molar-refractivity contribution in [1.82, 2.24) is 10.2 Å². The lowest BCUT2D eigenvalue weighted by Gasteiger charge is -2.27. The van der Waals surface area contributed by atoms with Gasteiger partial charge in [-0.05, 0) is 5.92 Å². The molecule has 6 heteroatoms. The lowest BCUT2D eigenvalue weighted by atomic mass is 9.88. The van der Waals surface area contributed by atoms with Crippen molar-refractivity contribution < 1.29 is 9.52 Å². The van der Waals surface area contributed by atoms with Crippen LogP contribution < -0.4 is 5.73 Å². The van der Waals surface area contributed by atoms with Gasteiger partial charge in [0.05, 0.1) is 6.61 Å². The molecule has 0 bridgehead atoms. The molecule has 0 aromatic carbocycles. The number of hydrogen-bond acceptors (Lipinski definition) is 5. The van der Waals surface area contributed by atoms with Gasteiger partial charge in [0.25, 0.3) is 0 Å². The highest BCUT2D eigenvalue weighted by Gasteiger charge is 2.37. The van der Waals surface area contributed by atoms with E-state index in [4.69, 9.17) is 10.2 Å². The van der Waals surface area contributed by atoms with Gasteiger partial charge in [0, 0.05) is 5.41 Å². The predicted octanol–water partition coefficient (Wildman–Crippen LogP) is 1.59. The molecule has 0 saturated heterocycles. The molecule has 1 atom stereocenters. The average Bonchev–Trinajstić information content (AvgIpc) is 2.64. The number of aliphatic hydroxyl groups is 1. The van der Waals surface area contributed by atoms with Crippen LogP contribution in [0.2, 0.25) is 0 Å². The van der Waals surface area contributed by atoms with Gasteiger partial charge in [-0.2, -0.15) is 0 Å². The summed E-state index contributed by atoms with van der Waals surface area (Å²) >= 11 is 0. The summed E-state index contributed by atoms with van der Waals surface area (Å²) in [6.07, 6.45) is 0. The molecule has 0 spiro atoms. The molecule has 100 valence electrons. The van der Waals surface area contributed by atoms with E-state index in [2.05, 4.69) is 10.2 Å². The average molecular weight is 264 g/mol. The predicted molar refractivity (Wildman–Crippen MR) is 68.0 cm³/mol. The maximum atomic E-state index is 9.37. The van der Waals surface area contributed by atoms with Crippen LogP contribution in [0.4, 0.5) is 0 Å². The second-order valence-electron chi connectivity index (χ2n) is 5.52. The Morgan fingerprint density at radius 1 is 1.24 bits per heavy atom. The number of rotatable bonds is 3. The fraction of sp³-hybridized carbons (Fsp3) is 0.818. The van der Waals surface area contributed by atoms with Gasteiger partial charge >= 0.3 is 0 Å². The summed E-state index contributed by atoms with van der Waals surface area (Å²) in [5.41, 5.74) is 4.90. The van der Waals surface area contributed by atoms with E-state index in [0.717, 1.165) is 0 Å². The van der Waals surface area contributed by atoms with Crippen LogP contribution in [-0.2, 0) is 11.0 Å². The first-order valence-corrected chi connectivity index (χ1v) is 5.46. The molecule has 5 nitrogen and oxygen atoms in total. The van der Waals surface area contributed by atoms with E-state index < -0.39 is 5.54 Å². The van der Waals surface area contributed by atoms with Gasteiger partial charge in [0.15, 0.2) is 0 Å². The molecule has 1 heterocycles. The van der Waals surface area contributed by atoms with Crippen molar-refractivity contribution in [3.05, 3.63) is 11.8 Å². The van der Waals surface area contributed by atoms with E-state index in [1.54, 1.807) is 0 Å². The third kappa shape index (κ3) is 3.18. The molecule has 0 aliphatic heterocycles. The Labute approximate surface area is 108 Å². The molecule has 0 amide bonds. The second kappa shape index (κ2) is 5.33.